The Morgan fingerprint density at radius 2 is 1.57 bits per heavy atom. The first-order valence-electron chi connectivity index (χ1n) is 8.79. The molecule has 30 heavy (non-hydrogen) atoms. The third kappa shape index (κ3) is 6.20. The normalized spacial score (nSPS) is 12.9. The first-order chi connectivity index (χ1) is 13.9. The van der Waals surface area contributed by atoms with Crippen molar-refractivity contribution in [2.24, 2.45) is 0 Å². The Morgan fingerprint density at radius 1 is 0.967 bits per heavy atom. The zero-order chi connectivity index (χ0) is 22.5. The van der Waals surface area contributed by atoms with E-state index in [0.717, 1.165) is 0 Å². The molecule has 0 aliphatic carbocycles. The highest BCUT2D eigenvalue weighted by Gasteiger charge is 2.40. The predicted octanol–water partition coefficient (Wildman–Crippen LogP) is 4.56. The van der Waals surface area contributed by atoms with Gasteiger partial charge in [0.05, 0.1) is 17.7 Å². The molecule has 0 saturated heterocycles. The van der Waals surface area contributed by atoms with Gasteiger partial charge in [-0.3, -0.25) is 0 Å². The van der Waals surface area contributed by atoms with E-state index in [2.05, 4.69) is 0 Å². The second-order valence-corrected chi connectivity index (χ2v) is 7.25. The van der Waals surface area contributed by atoms with Crippen molar-refractivity contribution in [3.8, 4) is 5.75 Å². The van der Waals surface area contributed by atoms with E-state index in [0.29, 0.717) is 42.7 Å². The van der Waals surface area contributed by atoms with Gasteiger partial charge in [-0.25, -0.2) is 0 Å². The quantitative estimate of drug-likeness (QED) is 0.352. The highest BCUT2D eigenvalue weighted by atomic mass is 31.1. The minimum absolute atomic E-state index is 0.275. The van der Waals surface area contributed by atoms with E-state index in [1.54, 1.807) is 13.0 Å². The van der Waals surface area contributed by atoms with Crippen LogP contribution in [0.3, 0.4) is 0 Å². The maximum Gasteiger partial charge on any atom is 0.416 e. The Morgan fingerprint density at radius 3 is 2.07 bits per heavy atom. The van der Waals surface area contributed by atoms with Gasteiger partial charge >= 0.3 is 12.4 Å². The summed E-state index contributed by atoms with van der Waals surface area (Å²) in [6.07, 6.45) is -10.2. The fourth-order valence-corrected chi connectivity index (χ4v) is 3.59. The minimum atomic E-state index is -5.10. The molecule has 0 radical (unpaired) electrons. The predicted molar refractivity (Wildman–Crippen MR) is 100 cm³/mol. The topological polar surface area (TPSA) is 41.5 Å². The minimum Gasteiger partial charge on any atom is -0.823 e. The first kappa shape index (κ1) is 24.2. The fraction of sp³-hybridized carbons (Fsp3) is 0.350. The van der Waals surface area contributed by atoms with Crippen LogP contribution < -0.4 is 15.1 Å². The molecule has 0 aromatic heterocycles. The smallest absolute Gasteiger partial charge is 0.416 e. The van der Waals surface area contributed by atoms with Gasteiger partial charge in [0.1, 0.15) is 12.4 Å². The number of alkyl halides is 6. The molecule has 0 unspecified atom stereocenters. The summed E-state index contributed by atoms with van der Waals surface area (Å²) in [5.41, 5.74) is -5.39. The third-order valence-corrected chi connectivity index (χ3v) is 5.15. The molecule has 164 valence electrons. The number of hydrogen-bond donors (Lipinski definition) is 0. The number of rotatable bonds is 7. The van der Waals surface area contributed by atoms with Gasteiger partial charge in [-0.2, -0.15) is 26.3 Å². The zero-order valence-corrected chi connectivity index (χ0v) is 16.9. The van der Waals surface area contributed by atoms with Crippen molar-refractivity contribution in [2.75, 3.05) is 19.8 Å². The van der Waals surface area contributed by atoms with Crippen molar-refractivity contribution in [2.45, 2.75) is 26.2 Å². The Bertz CT molecular complexity index is 874. The molecule has 2 rings (SSSR count). The lowest BCUT2D eigenvalue weighted by Crippen LogP contribution is -2.27. The van der Waals surface area contributed by atoms with E-state index >= 15 is 0 Å². The summed E-state index contributed by atoms with van der Waals surface area (Å²) in [7, 11) is -0.305. The molecule has 0 spiro atoms. The summed E-state index contributed by atoms with van der Waals surface area (Å²) in [5.74, 6) is 0.449. The molecule has 0 aliphatic heterocycles. The van der Waals surface area contributed by atoms with Gasteiger partial charge in [-0.05, 0) is 55.3 Å². The second kappa shape index (κ2) is 9.81. The van der Waals surface area contributed by atoms with Crippen molar-refractivity contribution < 1.29 is 40.9 Å². The van der Waals surface area contributed by atoms with E-state index in [4.69, 9.17) is 9.47 Å². The van der Waals surface area contributed by atoms with Gasteiger partial charge in [0.15, 0.2) is 0 Å². The zero-order valence-electron chi connectivity index (χ0n) is 16.0. The Balaban J connectivity index is 2.44. The van der Waals surface area contributed by atoms with Crippen LogP contribution in [-0.2, 0) is 17.1 Å². The van der Waals surface area contributed by atoms with Crippen LogP contribution in [0.25, 0.3) is 0 Å². The average molecular weight is 451 g/mol. The molecule has 0 heterocycles. The molecular formula is C20H18F6O3P-. The van der Waals surface area contributed by atoms with Gasteiger partial charge in [0.25, 0.3) is 0 Å². The standard InChI is InChI=1S/C20H19F6O3P/c1-3-28-9-10-29-13-7-8-16(12(2)11-13)30-18(27)17-14(19(21,22)23)5-4-6-15(17)20(24,25)26/h4-8,11,27H,3,9-10H2,1-2H3/p-1. The van der Waals surface area contributed by atoms with Gasteiger partial charge < -0.3 is 14.6 Å². The van der Waals surface area contributed by atoms with Crippen LogP contribution in [0.2, 0.25) is 0 Å². The summed E-state index contributed by atoms with van der Waals surface area (Å²) in [5, 5.41) is 12.8. The first-order valence-corrected chi connectivity index (χ1v) is 9.69. The van der Waals surface area contributed by atoms with Crippen LogP contribution >= 0.6 is 8.20 Å². The van der Waals surface area contributed by atoms with Crippen LogP contribution in [0.5, 0.6) is 5.75 Å². The molecule has 0 fully saturated rings. The van der Waals surface area contributed by atoms with Crippen molar-refractivity contribution in [3.63, 3.8) is 0 Å². The summed E-state index contributed by atoms with van der Waals surface area (Å²) >= 11 is 0. The number of hydrogen-bond acceptors (Lipinski definition) is 3. The molecule has 0 N–H and O–H groups in total. The monoisotopic (exact) mass is 451 g/mol. The van der Waals surface area contributed by atoms with Crippen LogP contribution in [0.4, 0.5) is 26.3 Å². The molecule has 0 saturated carbocycles. The Labute approximate surface area is 171 Å². The van der Waals surface area contributed by atoms with Crippen LogP contribution in [0.15, 0.2) is 36.4 Å². The lowest BCUT2D eigenvalue weighted by atomic mass is 10.0. The molecule has 0 amide bonds. The average Bonchev–Trinajstić information content (AvgIpc) is 2.65. The molecular weight excluding hydrogens is 433 g/mol. The van der Waals surface area contributed by atoms with E-state index in [-0.39, 0.29) is 20.1 Å². The lowest BCUT2D eigenvalue weighted by molar-refractivity contribution is -0.209. The van der Waals surface area contributed by atoms with Crippen LogP contribution in [0, 0.1) is 6.92 Å². The van der Waals surface area contributed by atoms with Crippen LogP contribution in [-0.4, -0.2) is 25.3 Å². The molecule has 2 aromatic rings. The van der Waals surface area contributed by atoms with Gasteiger partial charge in [-0.1, -0.05) is 14.3 Å². The molecule has 0 atom stereocenters. The molecule has 10 heteroatoms. The second-order valence-electron chi connectivity index (χ2n) is 6.13. The number of ether oxygens (including phenoxy) is 2. The summed E-state index contributed by atoms with van der Waals surface area (Å²) < 4.78 is 90.2. The van der Waals surface area contributed by atoms with Crippen molar-refractivity contribution in [1.29, 1.82) is 0 Å². The molecule has 0 bridgehead atoms. The van der Waals surface area contributed by atoms with Gasteiger partial charge in [-0.15, -0.1) is 5.48 Å². The van der Waals surface area contributed by atoms with E-state index in [9.17, 15) is 31.4 Å². The van der Waals surface area contributed by atoms with Gasteiger partial charge in [0.2, 0.25) is 0 Å². The lowest BCUT2D eigenvalue weighted by Gasteiger charge is -2.23. The number of benzene rings is 2. The largest absolute Gasteiger partial charge is 0.823 e. The van der Waals surface area contributed by atoms with Crippen molar-refractivity contribution >= 4 is 19.0 Å². The molecule has 2 aromatic carbocycles. The summed E-state index contributed by atoms with van der Waals surface area (Å²) in [4.78, 5) is 0. The Kier molecular flexibility index (Phi) is 7.91. The van der Waals surface area contributed by atoms with E-state index in [1.807, 2.05) is 6.92 Å². The number of halogens is 6. The third-order valence-electron chi connectivity index (χ3n) is 3.98. The SMILES string of the molecule is CCOCCOc1ccc(P=C([O-])c2c(C(F)(F)F)cccc2C(F)(F)F)c(C)c1. The van der Waals surface area contributed by atoms with Crippen molar-refractivity contribution in [3.05, 3.63) is 58.7 Å². The summed E-state index contributed by atoms with van der Waals surface area (Å²) in [6, 6.07) is 6.07. The van der Waals surface area contributed by atoms with E-state index < -0.39 is 34.5 Å². The van der Waals surface area contributed by atoms with Gasteiger partial charge in [0, 0.05) is 11.9 Å². The maximum atomic E-state index is 13.3. The highest BCUT2D eigenvalue weighted by molar-refractivity contribution is 7.49. The van der Waals surface area contributed by atoms with E-state index in [1.165, 1.54) is 12.1 Å². The maximum absolute atomic E-state index is 13.3. The van der Waals surface area contributed by atoms with Crippen LogP contribution in [0.1, 0.15) is 29.2 Å². The summed E-state index contributed by atoms with van der Waals surface area (Å²) in [6.45, 7) is 4.59. The highest BCUT2D eigenvalue weighted by Crippen LogP contribution is 2.39. The molecule has 0 aliphatic rings. The Hall–Kier alpha value is -2.09. The number of aryl methyl sites for hydroxylation is 1. The van der Waals surface area contributed by atoms with Crippen molar-refractivity contribution in [1.82, 2.24) is 0 Å². The fourth-order valence-electron chi connectivity index (χ4n) is 2.63. The molecule has 3 nitrogen and oxygen atoms in total.